The van der Waals surface area contributed by atoms with Gasteiger partial charge in [-0.1, -0.05) is 0 Å². The van der Waals surface area contributed by atoms with Crippen molar-refractivity contribution in [3.8, 4) is 5.75 Å². The predicted octanol–water partition coefficient (Wildman–Crippen LogP) is 2.18. The Hall–Kier alpha value is -2.30. The number of rotatable bonds is 4. The first-order valence-corrected chi connectivity index (χ1v) is 6.21. The lowest BCUT2D eigenvalue weighted by molar-refractivity contribution is 0.0716. The fourth-order valence-corrected chi connectivity index (χ4v) is 2.03. The molecule has 2 aromatic heterocycles. The van der Waals surface area contributed by atoms with Gasteiger partial charge in [0, 0.05) is 12.2 Å². The first-order chi connectivity index (χ1) is 9.24. The lowest BCUT2D eigenvalue weighted by Crippen LogP contribution is -2.32. The van der Waals surface area contributed by atoms with Crippen LogP contribution in [0, 0.1) is 0 Å². The summed E-state index contributed by atoms with van der Waals surface area (Å²) in [6, 6.07) is 5.36. The van der Waals surface area contributed by atoms with E-state index in [0.29, 0.717) is 12.1 Å². The van der Waals surface area contributed by atoms with E-state index in [0.717, 1.165) is 18.6 Å². The predicted molar refractivity (Wildman–Crippen MR) is 67.5 cm³/mol. The van der Waals surface area contributed by atoms with Gasteiger partial charge in [0.2, 0.25) is 0 Å². The molecule has 0 spiro atoms. The smallest absolute Gasteiger partial charge is 0.256 e. The van der Waals surface area contributed by atoms with Crippen LogP contribution in [-0.4, -0.2) is 26.9 Å². The highest BCUT2D eigenvalue weighted by molar-refractivity contribution is 5.94. The van der Waals surface area contributed by atoms with E-state index in [-0.39, 0.29) is 17.7 Å². The van der Waals surface area contributed by atoms with Crippen LogP contribution in [0.4, 0.5) is 0 Å². The first-order valence-electron chi connectivity index (χ1n) is 6.21. The van der Waals surface area contributed by atoms with Gasteiger partial charge >= 0.3 is 0 Å². The molecular formula is C14H14N2O3. The summed E-state index contributed by atoms with van der Waals surface area (Å²) >= 11 is 0. The highest BCUT2D eigenvalue weighted by Gasteiger charge is 2.33. The van der Waals surface area contributed by atoms with Crippen molar-refractivity contribution in [1.29, 1.82) is 0 Å². The third-order valence-corrected chi connectivity index (χ3v) is 3.13. The third-order valence-electron chi connectivity index (χ3n) is 3.13. The van der Waals surface area contributed by atoms with Crippen LogP contribution in [0.1, 0.15) is 29.0 Å². The van der Waals surface area contributed by atoms with Crippen LogP contribution in [0.25, 0.3) is 0 Å². The van der Waals surface area contributed by atoms with Gasteiger partial charge in [-0.05, 0) is 31.0 Å². The van der Waals surface area contributed by atoms with Gasteiger partial charge < -0.3 is 14.4 Å². The highest BCUT2D eigenvalue weighted by atomic mass is 16.3. The van der Waals surface area contributed by atoms with Crippen molar-refractivity contribution in [3.05, 3.63) is 48.2 Å². The van der Waals surface area contributed by atoms with E-state index in [1.54, 1.807) is 17.2 Å². The molecule has 1 saturated carbocycles. The third kappa shape index (κ3) is 2.59. The number of hydrogen-bond acceptors (Lipinski definition) is 4. The number of nitrogens with zero attached hydrogens (tertiary/aromatic N) is 2. The average Bonchev–Trinajstić information content (AvgIpc) is 3.12. The van der Waals surface area contributed by atoms with Crippen LogP contribution in [-0.2, 0) is 6.54 Å². The van der Waals surface area contributed by atoms with Gasteiger partial charge in [-0.25, -0.2) is 0 Å². The van der Waals surface area contributed by atoms with Crippen molar-refractivity contribution in [2.24, 2.45) is 0 Å². The van der Waals surface area contributed by atoms with Crippen LogP contribution in [0.2, 0.25) is 0 Å². The normalized spacial score (nSPS) is 14.3. The Labute approximate surface area is 110 Å². The number of furan rings is 1. The van der Waals surface area contributed by atoms with E-state index < -0.39 is 0 Å². The molecule has 5 heteroatoms. The summed E-state index contributed by atoms with van der Waals surface area (Å²) < 4.78 is 5.29. The van der Waals surface area contributed by atoms with Gasteiger partial charge in [0.05, 0.1) is 24.6 Å². The molecule has 0 atom stereocenters. The fraction of sp³-hybridized carbons (Fsp3) is 0.286. The van der Waals surface area contributed by atoms with Crippen LogP contribution >= 0.6 is 0 Å². The molecule has 0 radical (unpaired) electrons. The van der Waals surface area contributed by atoms with Crippen molar-refractivity contribution in [1.82, 2.24) is 9.88 Å². The maximum Gasteiger partial charge on any atom is 0.256 e. The number of carbonyl (C=O) groups is 1. The van der Waals surface area contributed by atoms with Crippen molar-refractivity contribution in [3.63, 3.8) is 0 Å². The van der Waals surface area contributed by atoms with Gasteiger partial charge in [0.1, 0.15) is 11.5 Å². The van der Waals surface area contributed by atoms with Gasteiger partial charge in [-0.15, -0.1) is 0 Å². The molecule has 98 valence electrons. The number of amides is 1. The Morgan fingerprint density at radius 3 is 2.95 bits per heavy atom. The Bertz CT molecular complexity index is 576. The monoisotopic (exact) mass is 258 g/mol. The highest BCUT2D eigenvalue weighted by Crippen LogP contribution is 2.30. The minimum atomic E-state index is -0.123. The molecule has 0 unspecified atom stereocenters. The summed E-state index contributed by atoms with van der Waals surface area (Å²) in [6.07, 6.45) is 6.41. The average molecular weight is 258 g/mol. The number of aromatic nitrogens is 1. The number of carbonyl (C=O) groups excluding carboxylic acids is 1. The van der Waals surface area contributed by atoms with Crippen LogP contribution in [0.5, 0.6) is 5.75 Å². The first kappa shape index (κ1) is 11.8. The van der Waals surface area contributed by atoms with Gasteiger partial charge in [-0.3, -0.25) is 9.78 Å². The van der Waals surface area contributed by atoms with E-state index in [1.807, 2.05) is 6.07 Å². The molecule has 5 nitrogen and oxygen atoms in total. The van der Waals surface area contributed by atoms with E-state index in [9.17, 15) is 9.90 Å². The van der Waals surface area contributed by atoms with E-state index >= 15 is 0 Å². The number of hydrogen-bond donors (Lipinski definition) is 1. The maximum atomic E-state index is 12.4. The molecular weight excluding hydrogens is 244 g/mol. The fourth-order valence-electron chi connectivity index (χ4n) is 2.03. The van der Waals surface area contributed by atoms with Gasteiger partial charge in [0.25, 0.3) is 5.91 Å². The summed E-state index contributed by atoms with van der Waals surface area (Å²) in [7, 11) is 0. The molecule has 1 fully saturated rings. The Morgan fingerprint density at radius 1 is 1.47 bits per heavy atom. The lowest BCUT2D eigenvalue weighted by Gasteiger charge is -2.21. The second-order valence-corrected chi connectivity index (χ2v) is 4.68. The molecule has 1 aliphatic rings. The molecule has 2 aromatic rings. The molecule has 1 aliphatic carbocycles. The minimum absolute atomic E-state index is 0.000374. The maximum absolute atomic E-state index is 12.4. The van der Waals surface area contributed by atoms with Crippen molar-refractivity contribution in [2.45, 2.75) is 25.4 Å². The quantitative estimate of drug-likeness (QED) is 0.912. The molecule has 1 amide bonds. The zero-order valence-electron chi connectivity index (χ0n) is 10.3. The molecule has 0 saturated heterocycles. The topological polar surface area (TPSA) is 66.6 Å². The second-order valence-electron chi connectivity index (χ2n) is 4.68. The zero-order valence-corrected chi connectivity index (χ0v) is 10.3. The molecule has 2 heterocycles. The minimum Gasteiger partial charge on any atom is -0.506 e. The molecule has 0 aromatic carbocycles. The molecule has 0 bridgehead atoms. The summed E-state index contributed by atoms with van der Waals surface area (Å²) in [6.45, 7) is 0.451. The lowest BCUT2D eigenvalue weighted by atomic mass is 10.2. The SMILES string of the molecule is O=C(c1cncc(O)c1)N(Cc1ccco1)C1CC1. The van der Waals surface area contributed by atoms with Crippen molar-refractivity contribution < 1.29 is 14.3 Å². The Morgan fingerprint density at radius 2 is 2.32 bits per heavy atom. The standard InChI is InChI=1S/C14H14N2O3/c17-12-6-10(7-15-8-12)14(18)16(11-3-4-11)9-13-2-1-5-19-13/h1-2,5-8,11,17H,3-4,9H2. The summed E-state index contributed by atoms with van der Waals surface area (Å²) in [5, 5.41) is 9.40. The second kappa shape index (κ2) is 4.76. The summed E-state index contributed by atoms with van der Waals surface area (Å²) in [5.41, 5.74) is 0.401. The Balaban J connectivity index is 1.82. The molecule has 0 aliphatic heterocycles. The summed E-state index contributed by atoms with van der Waals surface area (Å²) in [5.74, 6) is 0.634. The molecule has 3 rings (SSSR count). The van der Waals surface area contributed by atoms with E-state index in [2.05, 4.69) is 4.98 Å². The molecule has 19 heavy (non-hydrogen) atoms. The summed E-state index contributed by atoms with van der Waals surface area (Å²) in [4.78, 5) is 18.1. The van der Waals surface area contributed by atoms with Gasteiger partial charge in [-0.2, -0.15) is 0 Å². The van der Waals surface area contributed by atoms with Gasteiger partial charge in [0.15, 0.2) is 0 Å². The largest absolute Gasteiger partial charge is 0.506 e. The van der Waals surface area contributed by atoms with E-state index in [1.165, 1.54) is 18.5 Å². The number of aromatic hydroxyl groups is 1. The van der Waals surface area contributed by atoms with Crippen LogP contribution in [0.15, 0.2) is 41.3 Å². The molecule has 1 N–H and O–H groups in total. The van der Waals surface area contributed by atoms with Crippen LogP contribution < -0.4 is 0 Å². The van der Waals surface area contributed by atoms with Crippen molar-refractivity contribution >= 4 is 5.91 Å². The van der Waals surface area contributed by atoms with Crippen molar-refractivity contribution in [2.75, 3.05) is 0 Å². The zero-order chi connectivity index (χ0) is 13.2. The van der Waals surface area contributed by atoms with E-state index in [4.69, 9.17) is 4.42 Å². The Kier molecular flexibility index (Phi) is 2.95. The number of pyridine rings is 1. The van der Waals surface area contributed by atoms with Crippen LogP contribution in [0.3, 0.4) is 0 Å².